The molecule has 2 N–H and O–H groups in total. The molecule has 7 nitrogen and oxygen atoms in total. The van der Waals surface area contributed by atoms with Crippen molar-refractivity contribution in [3.8, 4) is 0 Å². The quantitative estimate of drug-likeness (QED) is 0.664. The predicted molar refractivity (Wildman–Crippen MR) is 109 cm³/mol. The molecule has 1 fully saturated rings. The number of amides is 1. The summed E-state index contributed by atoms with van der Waals surface area (Å²) in [5.74, 6) is -0.115. The Balaban J connectivity index is 1.34. The number of pyridine rings is 1. The van der Waals surface area contributed by atoms with E-state index in [0.29, 0.717) is 18.7 Å². The topological polar surface area (TPSA) is 98.9 Å². The summed E-state index contributed by atoms with van der Waals surface area (Å²) in [6.07, 6.45) is 6.78. The zero-order chi connectivity index (χ0) is 20.0. The van der Waals surface area contributed by atoms with Gasteiger partial charge in [-0.25, -0.2) is 9.78 Å². The molecule has 2 aliphatic rings. The SMILES string of the molecule is O=C(c1cnc2[nH]c(=O)[nH]c(=O)c2c1)N1CCC2(CCc3ccccc3C2)CC1. The number of fused-ring (bicyclic) bond motifs is 2. The Bertz CT molecular complexity index is 1220. The molecular weight excluding hydrogens is 368 g/mol. The lowest BCUT2D eigenvalue weighted by molar-refractivity contribution is 0.0544. The summed E-state index contributed by atoms with van der Waals surface area (Å²) in [6.45, 7) is 1.42. The van der Waals surface area contributed by atoms with Crippen LogP contribution in [0.1, 0.15) is 40.7 Å². The minimum Gasteiger partial charge on any atom is -0.339 e. The molecule has 5 rings (SSSR count). The Morgan fingerprint density at radius 3 is 2.59 bits per heavy atom. The first kappa shape index (κ1) is 17.8. The van der Waals surface area contributed by atoms with Crippen molar-refractivity contribution in [2.24, 2.45) is 5.41 Å². The van der Waals surface area contributed by atoms with E-state index in [-0.39, 0.29) is 22.4 Å². The van der Waals surface area contributed by atoms with Gasteiger partial charge in [0.05, 0.1) is 10.9 Å². The van der Waals surface area contributed by atoms with Crippen molar-refractivity contribution in [3.63, 3.8) is 0 Å². The second-order valence-corrected chi connectivity index (χ2v) is 8.27. The minimum absolute atomic E-state index is 0.115. The van der Waals surface area contributed by atoms with Gasteiger partial charge in [0, 0.05) is 19.3 Å². The summed E-state index contributed by atoms with van der Waals surface area (Å²) < 4.78 is 0. The molecular formula is C22H22N4O3. The number of nitrogens with one attached hydrogen (secondary N) is 2. The highest BCUT2D eigenvalue weighted by Gasteiger charge is 2.38. The second kappa shape index (κ2) is 6.69. The number of rotatable bonds is 1. The molecule has 0 atom stereocenters. The molecule has 148 valence electrons. The van der Waals surface area contributed by atoms with Crippen LogP contribution in [0.3, 0.4) is 0 Å². The van der Waals surface area contributed by atoms with E-state index in [1.807, 2.05) is 4.90 Å². The van der Waals surface area contributed by atoms with Crippen LogP contribution in [0.15, 0.2) is 46.1 Å². The highest BCUT2D eigenvalue weighted by Crippen LogP contribution is 2.43. The van der Waals surface area contributed by atoms with Crippen molar-refractivity contribution in [1.29, 1.82) is 0 Å². The molecule has 7 heteroatoms. The van der Waals surface area contributed by atoms with Gasteiger partial charge in [0.25, 0.3) is 11.5 Å². The minimum atomic E-state index is -0.607. The fourth-order valence-electron chi connectivity index (χ4n) is 4.82. The van der Waals surface area contributed by atoms with Gasteiger partial charge in [-0.15, -0.1) is 0 Å². The van der Waals surface area contributed by atoms with Gasteiger partial charge < -0.3 is 4.90 Å². The first-order valence-electron chi connectivity index (χ1n) is 10.0. The number of H-pyrrole nitrogens is 2. The Kier molecular flexibility index (Phi) is 4.12. The van der Waals surface area contributed by atoms with Crippen molar-refractivity contribution >= 4 is 16.9 Å². The van der Waals surface area contributed by atoms with Gasteiger partial charge >= 0.3 is 5.69 Å². The fourth-order valence-corrected chi connectivity index (χ4v) is 4.82. The van der Waals surface area contributed by atoms with Gasteiger partial charge in [-0.2, -0.15) is 0 Å². The zero-order valence-electron chi connectivity index (χ0n) is 16.0. The lowest BCUT2D eigenvalue weighted by Crippen LogP contribution is -2.45. The van der Waals surface area contributed by atoms with Crippen molar-refractivity contribution < 1.29 is 4.79 Å². The Hall–Kier alpha value is -3.22. The fraction of sp³-hybridized carbons (Fsp3) is 0.364. The molecule has 29 heavy (non-hydrogen) atoms. The average Bonchev–Trinajstić information content (AvgIpc) is 2.73. The third-order valence-electron chi connectivity index (χ3n) is 6.56. The third kappa shape index (κ3) is 3.16. The van der Waals surface area contributed by atoms with Gasteiger partial charge in [0.15, 0.2) is 0 Å². The van der Waals surface area contributed by atoms with Gasteiger partial charge in [0.1, 0.15) is 5.65 Å². The smallest absolute Gasteiger partial charge is 0.327 e. The number of hydrogen-bond acceptors (Lipinski definition) is 4. The molecule has 1 saturated heterocycles. The van der Waals surface area contributed by atoms with E-state index in [4.69, 9.17) is 0 Å². The Labute approximate surface area is 166 Å². The predicted octanol–water partition coefficient (Wildman–Crippen LogP) is 2.02. The van der Waals surface area contributed by atoms with Gasteiger partial charge in [-0.3, -0.25) is 19.6 Å². The van der Waals surface area contributed by atoms with Crippen LogP contribution in [0.5, 0.6) is 0 Å². The summed E-state index contributed by atoms with van der Waals surface area (Å²) in [6, 6.07) is 10.2. The maximum Gasteiger partial charge on any atom is 0.327 e. The molecule has 0 bridgehead atoms. The first-order chi connectivity index (χ1) is 14.0. The largest absolute Gasteiger partial charge is 0.339 e. The van der Waals surface area contributed by atoms with E-state index in [1.54, 1.807) is 0 Å². The number of piperidine rings is 1. The molecule has 0 saturated carbocycles. The molecule has 1 aliphatic heterocycles. The number of hydrogen-bond donors (Lipinski definition) is 2. The summed E-state index contributed by atoms with van der Waals surface area (Å²) in [7, 11) is 0. The lowest BCUT2D eigenvalue weighted by Gasteiger charge is -2.44. The van der Waals surface area contributed by atoms with E-state index in [9.17, 15) is 14.4 Å². The van der Waals surface area contributed by atoms with Crippen LogP contribution in [0.2, 0.25) is 0 Å². The second-order valence-electron chi connectivity index (χ2n) is 8.27. The molecule has 1 spiro atoms. The Morgan fingerprint density at radius 1 is 1.03 bits per heavy atom. The molecule has 2 aromatic heterocycles. The highest BCUT2D eigenvalue weighted by molar-refractivity contribution is 5.96. The van der Waals surface area contributed by atoms with E-state index >= 15 is 0 Å². The van der Waals surface area contributed by atoms with Crippen LogP contribution in [0.25, 0.3) is 11.0 Å². The third-order valence-corrected chi connectivity index (χ3v) is 6.56. The number of aryl methyl sites for hydroxylation is 1. The summed E-state index contributed by atoms with van der Waals surface area (Å²) in [4.78, 5) is 47.0. The van der Waals surface area contributed by atoms with Crippen LogP contribution in [-0.2, 0) is 12.8 Å². The van der Waals surface area contributed by atoms with Crippen LogP contribution in [0, 0.1) is 5.41 Å². The molecule has 1 aliphatic carbocycles. The van der Waals surface area contributed by atoms with Gasteiger partial charge in [-0.1, -0.05) is 24.3 Å². The molecule has 1 amide bonds. The zero-order valence-corrected chi connectivity index (χ0v) is 16.0. The molecule has 3 aromatic rings. The van der Waals surface area contributed by atoms with Crippen LogP contribution < -0.4 is 11.2 Å². The highest BCUT2D eigenvalue weighted by atomic mass is 16.2. The first-order valence-corrected chi connectivity index (χ1v) is 10.0. The van der Waals surface area contributed by atoms with Crippen molar-refractivity contribution in [2.45, 2.75) is 32.1 Å². The van der Waals surface area contributed by atoms with Crippen molar-refractivity contribution in [3.05, 3.63) is 74.1 Å². The van der Waals surface area contributed by atoms with E-state index in [2.05, 4.69) is 39.2 Å². The Morgan fingerprint density at radius 2 is 1.79 bits per heavy atom. The van der Waals surface area contributed by atoms with Crippen LogP contribution in [-0.4, -0.2) is 38.8 Å². The summed E-state index contributed by atoms with van der Waals surface area (Å²) >= 11 is 0. The molecule has 0 radical (unpaired) electrons. The maximum atomic E-state index is 13.0. The number of benzene rings is 1. The van der Waals surface area contributed by atoms with E-state index in [0.717, 1.165) is 25.7 Å². The average molecular weight is 390 g/mol. The van der Waals surface area contributed by atoms with Crippen molar-refractivity contribution in [2.75, 3.05) is 13.1 Å². The summed E-state index contributed by atoms with van der Waals surface area (Å²) in [5.41, 5.74) is 2.61. The maximum absolute atomic E-state index is 13.0. The molecule has 0 unspecified atom stereocenters. The van der Waals surface area contributed by atoms with Gasteiger partial charge in [0.2, 0.25) is 0 Å². The number of carbonyl (C=O) groups is 1. The molecule has 3 heterocycles. The molecule has 1 aromatic carbocycles. The number of aromatic amines is 2. The number of likely N-dealkylation sites (tertiary alicyclic amines) is 1. The van der Waals surface area contributed by atoms with Crippen LogP contribution >= 0.6 is 0 Å². The van der Waals surface area contributed by atoms with Crippen LogP contribution in [0.4, 0.5) is 0 Å². The van der Waals surface area contributed by atoms with E-state index in [1.165, 1.54) is 29.8 Å². The normalized spacial score (nSPS) is 18.0. The van der Waals surface area contributed by atoms with E-state index < -0.39 is 11.2 Å². The standard InChI is InChI=1S/C22H22N4O3/c27-19-17-11-16(13-23-18(17)24-21(29)25-19)20(28)26-9-7-22(8-10-26)6-5-14-3-1-2-4-15(14)12-22/h1-4,11,13H,5-10,12H2,(H2,23,24,25,27,29). The summed E-state index contributed by atoms with van der Waals surface area (Å²) in [5, 5.41) is 0.216. The number of aromatic nitrogens is 3. The van der Waals surface area contributed by atoms with Gasteiger partial charge in [-0.05, 0) is 54.7 Å². The lowest BCUT2D eigenvalue weighted by atomic mass is 9.66. The monoisotopic (exact) mass is 390 g/mol. The number of nitrogens with zero attached hydrogens (tertiary/aromatic N) is 2. The number of carbonyl (C=O) groups excluding carboxylic acids is 1. The van der Waals surface area contributed by atoms with Crippen molar-refractivity contribution in [1.82, 2.24) is 19.9 Å².